The fourth-order valence-corrected chi connectivity index (χ4v) is 3.80. The Labute approximate surface area is 153 Å². The van der Waals surface area contributed by atoms with Crippen LogP contribution in [-0.4, -0.2) is 48.9 Å². The van der Waals surface area contributed by atoms with Gasteiger partial charge in [-0.25, -0.2) is 0 Å². The van der Waals surface area contributed by atoms with Crippen LogP contribution in [0.3, 0.4) is 0 Å². The molecule has 7 nitrogen and oxygen atoms in total. The Morgan fingerprint density at radius 2 is 2.35 bits per heavy atom. The van der Waals surface area contributed by atoms with E-state index in [9.17, 15) is 4.79 Å². The summed E-state index contributed by atoms with van der Waals surface area (Å²) >= 11 is 0. The number of carbonyl (C=O) groups is 1. The quantitative estimate of drug-likeness (QED) is 0.774. The summed E-state index contributed by atoms with van der Waals surface area (Å²) in [6, 6.07) is 8.19. The van der Waals surface area contributed by atoms with E-state index in [1.807, 2.05) is 18.2 Å². The summed E-state index contributed by atoms with van der Waals surface area (Å²) in [7, 11) is 1.68. The number of ether oxygens (including phenoxy) is 1. The van der Waals surface area contributed by atoms with Crippen molar-refractivity contribution in [2.75, 3.05) is 31.6 Å². The van der Waals surface area contributed by atoms with E-state index in [1.54, 1.807) is 7.11 Å². The predicted octanol–water partition coefficient (Wildman–Crippen LogP) is 1.46. The molecular formula is C19H25N5O2. The normalized spacial score (nSPS) is 19.7. The van der Waals surface area contributed by atoms with Crippen molar-refractivity contribution in [2.24, 2.45) is 0 Å². The highest BCUT2D eigenvalue weighted by Gasteiger charge is 2.26. The number of nitrogens with zero attached hydrogens (tertiary/aromatic N) is 2. The minimum Gasteiger partial charge on any atom is -0.497 e. The lowest BCUT2D eigenvalue weighted by molar-refractivity contribution is 0.0927. The van der Waals surface area contributed by atoms with Gasteiger partial charge in [0, 0.05) is 61.7 Å². The maximum absolute atomic E-state index is 12.7. The molecule has 2 aliphatic rings. The monoisotopic (exact) mass is 355 g/mol. The summed E-state index contributed by atoms with van der Waals surface area (Å²) in [6.07, 6.45) is 2.92. The van der Waals surface area contributed by atoms with Gasteiger partial charge in [-0.3, -0.25) is 9.89 Å². The second kappa shape index (κ2) is 7.37. The lowest BCUT2D eigenvalue weighted by Gasteiger charge is -2.34. The summed E-state index contributed by atoms with van der Waals surface area (Å²) in [6.45, 7) is 3.41. The third-order valence-corrected chi connectivity index (χ3v) is 5.20. The number of aromatic nitrogens is 2. The summed E-state index contributed by atoms with van der Waals surface area (Å²) in [5.41, 5.74) is 3.75. The number of piperidine rings is 1. The number of hydrogen-bond donors (Lipinski definition) is 3. The van der Waals surface area contributed by atoms with Crippen molar-refractivity contribution >= 4 is 11.6 Å². The molecule has 1 saturated heterocycles. The summed E-state index contributed by atoms with van der Waals surface area (Å²) in [5.74, 6) is 0.771. The first-order valence-corrected chi connectivity index (χ1v) is 9.21. The van der Waals surface area contributed by atoms with E-state index < -0.39 is 0 Å². The van der Waals surface area contributed by atoms with E-state index in [1.165, 1.54) is 0 Å². The fraction of sp³-hybridized carbons (Fsp3) is 0.474. The Morgan fingerprint density at radius 3 is 3.23 bits per heavy atom. The lowest BCUT2D eigenvalue weighted by Crippen LogP contribution is -2.48. The van der Waals surface area contributed by atoms with Gasteiger partial charge in [-0.15, -0.1) is 0 Å². The summed E-state index contributed by atoms with van der Waals surface area (Å²) in [5, 5.41) is 13.8. The van der Waals surface area contributed by atoms with E-state index >= 15 is 0 Å². The second-order valence-electron chi connectivity index (χ2n) is 6.92. The van der Waals surface area contributed by atoms with E-state index in [4.69, 9.17) is 4.74 Å². The van der Waals surface area contributed by atoms with Crippen LogP contribution < -0.4 is 20.3 Å². The Hall–Kier alpha value is -2.54. The van der Waals surface area contributed by atoms with Crippen molar-refractivity contribution in [3.05, 3.63) is 41.2 Å². The smallest absolute Gasteiger partial charge is 0.272 e. The number of nitrogens with one attached hydrogen (secondary N) is 3. The van der Waals surface area contributed by atoms with Crippen LogP contribution in [0.5, 0.6) is 5.75 Å². The van der Waals surface area contributed by atoms with Crippen LogP contribution in [0.4, 0.5) is 5.69 Å². The molecule has 138 valence electrons. The van der Waals surface area contributed by atoms with Gasteiger partial charge in [-0.2, -0.15) is 5.10 Å². The summed E-state index contributed by atoms with van der Waals surface area (Å²) < 4.78 is 5.32. The number of hydrogen-bond acceptors (Lipinski definition) is 5. The number of H-pyrrole nitrogens is 1. The largest absolute Gasteiger partial charge is 0.497 e. The third kappa shape index (κ3) is 3.39. The first-order chi connectivity index (χ1) is 12.7. The minimum atomic E-state index is -0.0799. The molecule has 0 saturated carbocycles. The maximum Gasteiger partial charge on any atom is 0.272 e. The molecule has 3 N–H and O–H groups in total. The van der Waals surface area contributed by atoms with Crippen LogP contribution in [-0.2, 0) is 13.0 Å². The van der Waals surface area contributed by atoms with Gasteiger partial charge in [-0.05, 0) is 25.0 Å². The minimum absolute atomic E-state index is 0.0799. The van der Waals surface area contributed by atoms with Gasteiger partial charge in [0.05, 0.1) is 7.11 Å². The van der Waals surface area contributed by atoms with Crippen molar-refractivity contribution in [2.45, 2.75) is 31.8 Å². The van der Waals surface area contributed by atoms with Crippen molar-refractivity contribution in [3.63, 3.8) is 0 Å². The Balaban J connectivity index is 1.43. The Bertz CT molecular complexity index is 788. The SMILES string of the molecule is COc1cccc(N2CCCC(NC(=O)c3n[nH]c4c3CNCC4)C2)c1. The lowest BCUT2D eigenvalue weighted by atomic mass is 10.0. The molecule has 1 fully saturated rings. The molecule has 4 rings (SSSR count). The molecule has 1 atom stereocenters. The number of benzene rings is 1. The van der Waals surface area contributed by atoms with Crippen LogP contribution in [0.1, 0.15) is 34.6 Å². The number of anilines is 1. The van der Waals surface area contributed by atoms with Gasteiger partial charge < -0.3 is 20.3 Å². The summed E-state index contributed by atoms with van der Waals surface area (Å²) in [4.78, 5) is 15.0. The number of fused-ring (bicyclic) bond motifs is 1. The predicted molar refractivity (Wildman–Crippen MR) is 99.7 cm³/mol. The first kappa shape index (κ1) is 16.9. The van der Waals surface area contributed by atoms with Gasteiger partial charge in [0.2, 0.25) is 0 Å². The number of carbonyl (C=O) groups excluding carboxylic acids is 1. The van der Waals surface area contributed by atoms with E-state index in [2.05, 4.69) is 31.8 Å². The average molecular weight is 355 g/mol. The molecular weight excluding hydrogens is 330 g/mol. The van der Waals surface area contributed by atoms with Crippen LogP contribution in [0.25, 0.3) is 0 Å². The Morgan fingerprint density at radius 1 is 1.42 bits per heavy atom. The van der Waals surface area contributed by atoms with Gasteiger partial charge in [0.25, 0.3) is 5.91 Å². The molecule has 0 radical (unpaired) electrons. The number of amides is 1. The molecule has 2 aromatic rings. The highest BCUT2D eigenvalue weighted by atomic mass is 16.5. The molecule has 1 aromatic carbocycles. The second-order valence-corrected chi connectivity index (χ2v) is 6.92. The zero-order valence-electron chi connectivity index (χ0n) is 15.0. The molecule has 7 heteroatoms. The van der Waals surface area contributed by atoms with Crippen LogP contribution >= 0.6 is 0 Å². The van der Waals surface area contributed by atoms with E-state index in [-0.39, 0.29) is 11.9 Å². The molecule has 26 heavy (non-hydrogen) atoms. The Kier molecular flexibility index (Phi) is 4.79. The van der Waals surface area contributed by atoms with E-state index in [0.29, 0.717) is 12.2 Å². The third-order valence-electron chi connectivity index (χ3n) is 5.20. The molecule has 1 amide bonds. The van der Waals surface area contributed by atoms with Crippen molar-refractivity contribution in [3.8, 4) is 5.75 Å². The van der Waals surface area contributed by atoms with Gasteiger partial charge >= 0.3 is 0 Å². The van der Waals surface area contributed by atoms with Gasteiger partial charge in [-0.1, -0.05) is 6.07 Å². The molecule has 0 aliphatic carbocycles. The van der Waals surface area contributed by atoms with Crippen LogP contribution in [0.2, 0.25) is 0 Å². The first-order valence-electron chi connectivity index (χ1n) is 9.21. The van der Waals surface area contributed by atoms with Gasteiger partial charge in [0.15, 0.2) is 5.69 Å². The zero-order chi connectivity index (χ0) is 17.9. The van der Waals surface area contributed by atoms with Crippen LogP contribution in [0, 0.1) is 0 Å². The fourth-order valence-electron chi connectivity index (χ4n) is 3.80. The van der Waals surface area contributed by atoms with Crippen LogP contribution in [0.15, 0.2) is 24.3 Å². The average Bonchev–Trinajstić information content (AvgIpc) is 3.12. The molecule has 1 aromatic heterocycles. The van der Waals surface area contributed by atoms with Crippen molar-refractivity contribution < 1.29 is 9.53 Å². The van der Waals surface area contributed by atoms with Crippen molar-refractivity contribution in [1.29, 1.82) is 0 Å². The maximum atomic E-state index is 12.7. The number of methoxy groups -OCH3 is 1. The zero-order valence-corrected chi connectivity index (χ0v) is 15.0. The molecule has 2 aliphatic heterocycles. The molecule has 1 unspecified atom stereocenters. The van der Waals surface area contributed by atoms with Crippen molar-refractivity contribution in [1.82, 2.24) is 20.8 Å². The molecule has 3 heterocycles. The highest BCUT2D eigenvalue weighted by Crippen LogP contribution is 2.24. The number of aromatic amines is 1. The van der Waals surface area contributed by atoms with E-state index in [0.717, 1.165) is 61.6 Å². The molecule has 0 bridgehead atoms. The van der Waals surface area contributed by atoms with Gasteiger partial charge in [0.1, 0.15) is 5.75 Å². The molecule has 0 spiro atoms. The highest BCUT2D eigenvalue weighted by molar-refractivity contribution is 5.94. The topological polar surface area (TPSA) is 82.3 Å². The standard InChI is InChI=1S/C19H25N5O2/c1-26-15-6-2-5-14(10-15)24-9-3-4-13(12-24)21-19(25)18-16-11-20-8-7-17(16)22-23-18/h2,5-6,10,13,20H,3-4,7-9,11-12H2,1H3,(H,21,25)(H,22,23). The number of rotatable bonds is 4.